The van der Waals surface area contributed by atoms with Crippen molar-refractivity contribution in [2.45, 2.75) is 44.4 Å². The zero-order valence-corrected chi connectivity index (χ0v) is 16.6. The first kappa shape index (κ1) is 18.1. The number of halogens is 2. The van der Waals surface area contributed by atoms with Gasteiger partial charge in [0.25, 0.3) is 0 Å². The molecule has 1 aromatic carbocycles. The molecule has 4 heterocycles. The molecule has 2 aliphatic heterocycles. The van der Waals surface area contributed by atoms with Crippen LogP contribution in [0.4, 0.5) is 4.39 Å². The summed E-state index contributed by atoms with van der Waals surface area (Å²) in [6.07, 6.45) is 6.44. The Kier molecular flexibility index (Phi) is 4.23. The van der Waals surface area contributed by atoms with Crippen molar-refractivity contribution in [2.24, 2.45) is 0 Å². The van der Waals surface area contributed by atoms with Crippen LogP contribution in [0.15, 0.2) is 36.7 Å². The minimum absolute atomic E-state index is 0.286. The average molecular weight is 400 g/mol. The molecule has 0 bridgehead atoms. The van der Waals surface area contributed by atoms with Crippen molar-refractivity contribution in [3.8, 4) is 0 Å². The van der Waals surface area contributed by atoms with E-state index < -0.39 is 5.60 Å². The standard InChI is InChI=1S/C22H23ClFN3O/c1-22(28,14-4-7-25-8-5-14)13-27-19-6-10-26-9-2-3-18(26)20(19)16-11-15(23)12-17(24)21(16)27/h4-5,7-8,11-12,18,28H,2-3,6,9-10,13H2,1H3. The van der Waals surface area contributed by atoms with Gasteiger partial charge in [0.2, 0.25) is 0 Å². The van der Waals surface area contributed by atoms with Gasteiger partial charge in [-0.1, -0.05) is 11.6 Å². The number of aliphatic hydroxyl groups is 1. The zero-order chi connectivity index (χ0) is 19.5. The number of aromatic nitrogens is 2. The number of pyridine rings is 1. The molecule has 5 rings (SSSR count). The van der Waals surface area contributed by atoms with Crippen LogP contribution in [0.2, 0.25) is 5.02 Å². The van der Waals surface area contributed by atoms with E-state index in [0.29, 0.717) is 16.6 Å². The fourth-order valence-electron chi connectivity index (χ4n) is 5.08. The van der Waals surface area contributed by atoms with Crippen LogP contribution in [-0.4, -0.2) is 32.6 Å². The lowest BCUT2D eigenvalue weighted by Crippen LogP contribution is -2.33. The van der Waals surface area contributed by atoms with Crippen molar-refractivity contribution in [3.63, 3.8) is 0 Å². The summed E-state index contributed by atoms with van der Waals surface area (Å²) in [5, 5.41) is 12.6. The van der Waals surface area contributed by atoms with E-state index in [1.165, 1.54) is 11.6 Å². The first-order chi connectivity index (χ1) is 13.5. The third-order valence-corrected chi connectivity index (χ3v) is 6.54. The van der Waals surface area contributed by atoms with E-state index in [0.717, 1.165) is 49.0 Å². The summed E-state index contributed by atoms with van der Waals surface area (Å²) in [6, 6.07) is 7.20. The van der Waals surface area contributed by atoms with Crippen LogP contribution in [0.1, 0.15) is 42.6 Å². The second-order valence-electron chi connectivity index (χ2n) is 8.18. The van der Waals surface area contributed by atoms with Crippen molar-refractivity contribution in [3.05, 3.63) is 64.3 Å². The third-order valence-electron chi connectivity index (χ3n) is 6.33. The lowest BCUT2D eigenvalue weighted by Gasteiger charge is -2.32. The van der Waals surface area contributed by atoms with Crippen LogP contribution in [0.5, 0.6) is 0 Å². The number of rotatable bonds is 3. The fraction of sp³-hybridized carbons (Fsp3) is 0.409. The Morgan fingerprint density at radius 1 is 1.29 bits per heavy atom. The predicted molar refractivity (Wildman–Crippen MR) is 108 cm³/mol. The number of fused-ring (bicyclic) bond motifs is 5. The normalized spacial score (nSPS) is 21.5. The molecule has 2 aliphatic rings. The Morgan fingerprint density at radius 3 is 2.86 bits per heavy atom. The molecule has 2 atom stereocenters. The molecule has 2 unspecified atom stereocenters. The zero-order valence-electron chi connectivity index (χ0n) is 15.8. The van der Waals surface area contributed by atoms with Gasteiger partial charge in [0.15, 0.2) is 0 Å². The molecule has 0 spiro atoms. The van der Waals surface area contributed by atoms with Crippen LogP contribution in [0, 0.1) is 5.82 Å². The highest BCUT2D eigenvalue weighted by Gasteiger charge is 2.37. The summed E-state index contributed by atoms with van der Waals surface area (Å²) in [5.41, 5.74) is 2.52. The van der Waals surface area contributed by atoms with E-state index in [1.807, 2.05) is 22.8 Å². The maximum Gasteiger partial charge on any atom is 0.148 e. The van der Waals surface area contributed by atoms with Crippen LogP contribution >= 0.6 is 11.6 Å². The molecule has 3 aromatic rings. The largest absolute Gasteiger partial charge is 0.384 e. The van der Waals surface area contributed by atoms with Gasteiger partial charge >= 0.3 is 0 Å². The lowest BCUT2D eigenvalue weighted by atomic mass is 9.95. The highest BCUT2D eigenvalue weighted by Crippen LogP contribution is 2.45. The van der Waals surface area contributed by atoms with Crippen molar-refractivity contribution in [1.82, 2.24) is 14.5 Å². The van der Waals surface area contributed by atoms with E-state index in [-0.39, 0.29) is 12.4 Å². The maximum atomic E-state index is 15.1. The Morgan fingerprint density at radius 2 is 2.07 bits per heavy atom. The molecule has 0 aliphatic carbocycles. The minimum atomic E-state index is -1.14. The number of benzene rings is 1. The first-order valence-corrected chi connectivity index (χ1v) is 10.2. The van der Waals surface area contributed by atoms with Crippen molar-refractivity contribution >= 4 is 22.5 Å². The quantitative estimate of drug-likeness (QED) is 0.708. The first-order valence-electron chi connectivity index (χ1n) is 9.82. The number of hydrogen-bond donors (Lipinski definition) is 1. The molecule has 6 heteroatoms. The van der Waals surface area contributed by atoms with Crippen LogP contribution in [-0.2, 0) is 18.6 Å². The lowest BCUT2D eigenvalue weighted by molar-refractivity contribution is 0.0381. The van der Waals surface area contributed by atoms with Crippen molar-refractivity contribution in [2.75, 3.05) is 13.1 Å². The second kappa shape index (κ2) is 6.55. The number of hydrogen-bond acceptors (Lipinski definition) is 3. The fourth-order valence-corrected chi connectivity index (χ4v) is 5.28. The molecule has 1 N–H and O–H groups in total. The van der Waals surface area contributed by atoms with Crippen molar-refractivity contribution in [1.29, 1.82) is 0 Å². The summed E-state index contributed by atoms with van der Waals surface area (Å²) < 4.78 is 17.1. The van der Waals surface area contributed by atoms with Gasteiger partial charge in [-0.2, -0.15) is 0 Å². The van der Waals surface area contributed by atoms with Gasteiger partial charge in [-0.25, -0.2) is 4.39 Å². The van der Waals surface area contributed by atoms with Gasteiger partial charge in [-0.3, -0.25) is 9.88 Å². The molecule has 1 fully saturated rings. The van der Waals surface area contributed by atoms with Gasteiger partial charge in [-0.15, -0.1) is 0 Å². The summed E-state index contributed by atoms with van der Waals surface area (Å²) in [7, 11) is 0. The second-order valence-corrected chi connectivity index (χ2v) is 8.62. The van der Waals surface area contributed by atoms with Crippen LogP contribution < -0.4 is 0 Å². The highest BCUT2D eigenvalue weighted by atomic mass is 35.5. The van der Waals surface area contributed by atoms with Crippen molar-refractivity contribution < 1.29 is 9.50 Å². The van der Waals surface area contributed by atoms with E-state index in [1.54, 1.807) is 19.3 Å². The molecule has 0 radical (unpaired) electrons. The molecular weight excluding hydrogens is 377 g/mol. The van der Waals surface area contributed by atoms with Crippen LogP contribution in [0.25, 0.3) is 10.9 Å². The topological polar surface area (TPSA) is 41.3 Å². The SMILES string of the molecule is CC(O)(Cn1c2c(c3cc(Cl)cc(F)c31)C1CCCN1CC2)c1ccncc1. The Balaban J connectivity index is 1.71. The predicted octanol–water partition coefficient (Wildman–Crippen LogP) is 4.43. The summed E-state index contributed by atoms with van der Waals surface area (Å²) in [6.45, 7) is 4.13. The third kappa shape index (κ3) is 2.76. The van der Waals surface area contributed by atoms with Gasteiger partial charge in [-0.05, 0) is 61.7 Å². The monoisotopic (exact) mass is 399 g/mol. The molecule has 1 saturated heterocycles. The molecule has 28 heavy (non-hydrogen) atoms. The molecular formula is C22H23ClFN3O. The minimum Gasteiger partial charge on any atom is -0.384 e. The molecule has 146 valence electrons. The van der Waals surface area contributed by atoms with Crippen LogP contribution in [0.3, 0.4) is 0 Å². The summed E-state index contributed by atoms with van der Waals surface area (Å²) >= 11 is 6.23. The van der Waals surface area contributed by atoms with E-state index in [2.05, 4.69) is 9.88 Å². The van der Waals surface area contributed by atoms with E-state index in [9.17, 15) is 5.11 Å². The van der Waals surface area contributed by atoms with Gasteiger partial charge < -0.3 is 9.67 Å². The summed E-state index contributed by atoms with van der Waals surface area (Å²) in [5.74, 6) is -0.327. The van der Waals surface area contributed by atoms with Gasteiger partial charge in [0.1, 0.15) is 11.4 Å². The Labute approximate surface area is 168 Å². The Hall–Kier alpha value is -1.95. The van der Waals surface area contributed by atoms with E-state index >= 15 is 4.39 Å². The van der Waals surface area contributed by atoms with Gasteiger partial charge in [0, 0.05) is 47.5 Å². The molecule has 4 nitrogen and oxygen atoms in total. The Bertz CT molecular complexity index is 1050. The van der Waals surface area contributed by atoms with E-state index in [4.69, 9.17) is 11.6 Å². The average Bonchev–Trinajstić information content (AvgIpc) is 3.25. The highest BCUT2D eigenvalue weighted by molar-refractivity contribution is 6.31. The summed E-state index contributed by atoms with van der Waals surface area (Å²) in [4.78, 5) is 6.53. The molecule has 0 saturated carbocycles. The smallest absolute Gasteiger partial charge is 0.148 e. The number of nitrogens with zero attached hydrogens (tertiary/aromatic N) is 3. The maximum absolute atomic E-state index is 15.1. The van der Waals surface area contributed by atoms with Gasteiger partial charge in [0.05, 0.1) is 12.1 Å². The molecule has 2 aromatic heterocycles. The molecule has 0 amide bonds.